The minimum Gasteiger partial charge on any atom is -0.459 e. The van der Waals surface area contributed by atoms with Crippen LogP contribution >= 0.6 is 23.7 Å². The third-order valence-electron chi connectivity index (χ3n) is 4.18. The van der Waals surface area contributed by atoms with Gasteiger partial charge in [0.1, 0.15) is 17.0 Å². The Bertz CT molecular complexity index is 1110. The number of aromatic nitrogens is 2. The molecule has 2 aromatic heterocycles. The van der Waals surface area contributed by atoms with E-state index in [0.717, 1.165) is 32.8 Å². The Morgan fingerprint density at radius 1 is 1.03 bits per heavy atom. The Labute approximate surface area is 179 Å². The number of fused-ring (bicyclic) bond motifs is 1. The molecule has 0 aliphatic rings. The molecule has 7 heteroatoms. The molecule has 0 amide bonds. The number of rotatable bonds is 5. The van der Waals surface area contributed by atoms with Crippen LogP contribution < -0.4 is 5.32 Å². The van der Waals surface area contributed by atoms with Gasteiger partial charge in [-0.15, -0.1) is 23.7 Å². The molecule has 0 aliphatic heterocycles. The first-order valence-electron chi connectivity index (χ1n) is 8.97. The van der Waals surface area contributed by atoms with Crippen LogP contribution in [0.15, 0.2) is 66.3 Å². The summed E-state index contributed by atoms with van der Waals surface area (Å²) in [6.07, 6.45) is 1.42. The van der Waals surface area contributed by atoms with Crippen molar-refractivity contribution in [3.63, 3.8) is 0 Å². The molecule has 4 rings (SSSR count). The number of hydrogen-bond donors (Lipinski definition) is 1. The number of nitrogens with zero attached hydrogens (tertiary/aromatic N) is 2. The average molecular weight is 426 g/mol. The minimum atomic E-state index is -0.324. The van der Waals surface area contributed by atoms with Crippen molar-refractivity contribution in [1.29, 1.82) is 0 Å². The Morgan fingerprint density at radius 2 is 1.76 bits per heavy atom. The molecule has 2 heterocycles. The van der Waals surface area contributed by atoms with Crippen molar-refractivity contribution in [2.24, 2.45) is 0 Å². The molecule has 0 atom stereocenters. The predicted molar refractivity (Wildman–Crippen MR) is 120 cm³/mol. The van der Waals surface area contributed by atoms with Crippen LogP contribution in [0.25, 0.3) is 21.3 Å². The molecule has 0 radical (unpaired) electrons. The Hall–Kier alpha value is -2.96. The minimum absolute atomic E-state index is 0. The van der Waals surface area contributed by atoms with Crippen molar-refractivity contribution < 1.29 is 9.53 Å². The summed E-state index contributed by atoms with van der Waals surface area (Å²) in [5.41, 5.74) is 3.58. The summed E-state index contributed by atoms with van der Waals surface area (Å²) in [7, 11) is 0. The lowest BCUT2D eigenvalue weighted by Crippen LogP contribution is -2.11. The molecular formula is C22H20ClN3O2S. The fourth-order valence-electron chi connectivity index (χ4n) is 2.91. The van der Waals surface area contributed by atoms with Gasteiger partial charge in [-0.25, -0.2) is 14.8 Å². The molecule has 1 N–H and O–H groups in total. The molecule has 0 unspecified atom stereocenters. The van der Waals surface area contributed by atoms with Crippen molar-refractivity contribution in [3.05, 3.63) is 71.9 Å². The summed E-state index contributed by atoms with van der Waals surface area (Å²) in [6.45, 7) is 3.67. The normalized spacial score (nSPS) is 10.6. The summed E-state index contributed by atoms with van der Waals surface area (Å²) in [5, 5.41) is 6.44. The molecule has 0 bridgehead atoms. The number of halogens is 1. The van der Waals surface area contributed by atoms with Gasteiger partial charge in [-0.2, -0.15) is 0 Å². The summed E-state index contributed by atoms with van der Waals surface area (Å²) in [5.74, 6) is 0.415. The molecule has 0 saturated carbocycles. The first-order valence-corrected chi connectivity index (χ1v) is 9.85. The highest BCUT2D eigenvalue weighted by atomic mass is 35.5. The van der Waals surface area contributed by atoms with Gasteiger partial charge in [0.25, 0.3) is 0 Å². The molecule has 0 fully saturated rings. The SMILES string of the molecule is CC(C)OC(=O)c1ccc(Nc2ncnc3scc(-c4ccccc4)c23)cc1.Cl. The molecule has 0 saturated heterocycles. The summed E-state index contributed by atoms with van der Waals surface area (Å²) < 4.78 is 5.23. The number of esters is 1. The smallest absolute Gasteiger partial charge is 0.338 e. The lowest BCUT2D eigenvalue weighted by atomic mass is 10.1. The van der Waals surface area contributed by atoms with Gasteiger partial charge < -0.3 is 10.1 Å². The van der Waals surface area contributed by atoms with Crippen LogP contribution in [0.2, 0.25) is 0 Å². The van der Waals surface area contributed by atoms with Gasteiger partial charge in [0, 0.05) is 16.6 Å². The van der Waals surface area contributed by atoms with Gasteiger partial charge in [-0.05, 0) is 43.7 Å². The predicted octanol–water partition coefficient (Wildman–Crippen LogP) is 6.09. The van der Waals surface area contributed by atoms with Gasteiger partial charge in [-0.1, -0.05) is 30.3 Å². The highest BCUT2D eigenvalue weighted by Crippen LogP contribution is 2.37. The lowest BCUT2D eigenvalue weighted by molar-refractivity contribution is 0.0378. The number of benzene rings is 2. The maximum atomic E-state index is 12.0. The number of carbonyl (C=O) groups excluding carboxylic acids is 1. The Morgan fingerprint density at radius 3 is 2.45 bits per heavy atom. The zero-order valence-corrected chi connectivity index (χ0v) is 17.6. The van der Waals surface area contributed by atoms with E-state index in [9.17, 15) is 4.79 Å². The monoisotopic (exact) mass is 425 g/mol. The maximum absolute atomic E-state index is 12.0. The number of carbonyl (C=O) groups is 1. The van der Waals surface area contributed by atoms with Crippen LogP contribution in [0.5, 0.6) is 0 Å². The van der Waals surface area contributed by atoms with E-state index in [1.807, 2.05) is 44.2 Å². The molecule has 4 aromatic rings. The van der Waals surface area contributed by atoms with Gasteiger partial charge >= 0.3 is 5.97 Å². The number of ether oxygens (including phenoxy) is 1. The van der Waals surface area contributed by atoms with Gasteiger partial charge in [-0.3, -0.25) is 0 Å². The number of thiophene rings is 1. The van der Waals surface area contributed by atoms with E-state index in [4.69, 9.17) is 4.74 Å². The standard InChI is InChI=1S/C22H19N3O2S.ClH/c1-14(2)27-22(26)16-8-10-17(11-9-16)25-20-19-18(15-6-4-3-5-7-15)12-28-21(19)24-13-23-20;/h3-14H,1-2H3,(H,23,24,25);1H. The van der Waals surface area contributed by atoms with Crippen molar-refractivity contribution in [2.75, 3.05) is 5.32 Å². The molecular weight excluding hydrogens is 406 g/mol. The van der Waals surface area contributed by atoms with Crippen LogP contribution in [-0.2, 0) is 4.74 Å². The molecule has 0 spiro atoms. The van der Waals surface area contributed by atoms with E-state index in [0.29, 0.717) is 5.56 Å². The van der Waals surface area contributed by atoms with Gasteiger partial charge in [0.15, 0.2) is 0 Å². The number of anilines is 2. The number of hydrogen-bond acceptors (Lipinski definition) is 6. The lowest BCUT2D eigenvalue weighted by Gasteiger charge is -2.10. The highest BCUT2D eigenvalue weighted by molar-refractivity contribution is 7.17. The molecule has 0 aliphatic carbocycles. The zero-order chi connectivity index (χ0) is 19.5. The van der Waals surface area contributed by atoms with Crippen LogP contribution in [0.4, 0.5) is 11.5 Å². The average Bonchev–Trinajstić information content (AvgIpc) is 3.14. The van der Waals surface area contributed by atoms with Crippen molar-refractivity contribution in [2.45, 2.75) is 20.0 Å². The van der Waals surface area contributed by atoms with Gasteiger partial charge in [0.05, 0.1) is 17.1 Å². The second kappa shape index (κ2) is 9.03. The van der Waals surface area contributed by atoms with Crippen LogP contribution in [-0.4, -0.2) is 22.0 Å². The van der Waals surface area contributed by atoms with Crippen molar-refractivity contribution >= 4 is 51.4 Å². The first kappa shape index (κ1) is 20.8. The van der Waals surface area contributed by atoms with Crippen molar-refractivity contribution in [1.82, 2.24) is 9.97 Å². The van der Waals surface area contributed by atoms with Gasteiger partial charge in [0.2, 0.25) is 0 Å². The summed E-state index contributed by atoms with van der Waals surface area (Å²) in [6, 6.07) is 17.4. The second-order valence-corrected chi connectivity index (χ2v) is 7.43. The van der Waals surface area contributed by atoms with E-state index in [2.05, 4.69) is 32.8 Å². The summed E-state index contributed by atoms with van der Waals surface area (Å²) in [4.78, 5) is 21.8. The number of nitrogens with one attached hydrogen (secondary N) is 1. The van der Waals surface area contributed by atoms with Crippen LogP contribution in [0.3, 0.4) is 0 Å². The van der Waals surface area contributed by atoms with Crippen molar-refractivity contribution in [3.8, 4) is 11.1 Å². The van der Waals surface area contributed by atoms with Crippen LogP contribution in [0.1, 0.15) is 24.2 Å². The van der Waals surface area contributed by atoms with E-state index in [-0.39, 0.29) is 24.5 Å². The molecule has 148 valence electrons. The fraction of sp³-hybridized carbons (Fsp3) is 0.136. The quantitative estimate of drug-likeness (QED) is 0.392. The van der Waals surface area contributed by atoms with E-state index < -0.39 is 0 Å². The maximum Gasteiger partial charge on any atom is 0.338 e. The molecule has 2 aromatic carbocycles. The topological polar surface area (TPSA) is 64.1 Å². The molecule has 29 heavy (non-hydrogen) atoms. The largest absolute Gasteiger partial charge is 0.459 e. The third-order valence-corrected chi connectivity index (χ3v) is 5.07. The second-order valence-electron chi connectivity index (χ2n) is 6.57. The van der Waals surface area contributed by atoms with Crippen LogP contribution in [0, 0.1) is 0 Å². The Balaban J connectivity index is 0.00000240. The summed E-state index contributed by atoms with van der Waals surface area (Å²) >= 11 is 1.59. The third kappa shape index (κ3) is 4.55. The van der Waals surface area contributed by atoms with E-state index >= 15 is 0 Å². The zero-order valence-electron chi connectivity index (χ0n) is 16.0. The first-order chi connectivity index (χ1) is 13.6. The Kier molecular flexibility index (Phi) is 6.46. The molecule has 5 nitrogen and oxygen atoms in total. The van der Waals surface area contributed by atoms with E-state index in [1.165, 1.54) is 0 Å². The van der Waals surface area contributed by atoms with E-state index in [1.54, 1.807) is 29.8 Å². The fourth-order valence-corrected chi connectivity index (χ4v) is 3.82. The highest BCUT2D eigenvalue weighted by Gasteiger charge is 2.14.